The Balaban J connectivity index is 1.72. The van der Waals surface area contributed by atoms with Crippen molar-refractivity contribution in [3.63, 3.8) is 0 Å². The number of morpholine rings is 1. The highest BCUT2D eigenvalue weighted by Crippen LogP contribution is 2.44. The van der Waals surface area contributed by atoms with Crippen LogP contribution in [-0.2, 0) is 22.5 Å². The van der Waals surface area contributed by atoms with E-state index in [4.69, 9.17) is 14.5 Å². The number of hydrogen-bond donors (Lipinski definition) is 2. The van der Waals surface area contributed by atoms with E-state index in [0.717, 1.165) is 51.6 Å². The summed E-state index contributed by atoms with van der Waals surface area (Å²) in [5.41, 5.74) is 3.14. The number of thiophene rings is 1. The zero-order chi connectivity index (χ0) is 20.9. The lowest BCUT2D eigenvalue weighted by atomic mass is 9.90. The number of aliphatic hydroxyl groups is 1. The number of hydrogen-bond acceptors (Lipinski definition) is 9. The van der Waals surface area contributed by atoms with Gasteiger partial charge >= 0.3 is 0 Å². The Morgan fingerprint density at radius 3 is 2.83 bits per heavy atom. The molecule has 2 aliphatic rings. The summed E-state index contributed by atoms with van der Waals surface area (Å²) in [5, 5.41) is 14.0. The minimum Gasteiger partial charge on any atom is -0.392 e. The van der Waals surface area contributed by atoms with Crippen molar-refractivity contribution in [1.82, 2.24) is 15.0 Å². The van der Waals surface area contributed by atoms with Crippen LogP contribution in [0.2, 0.25) is 0 Å². The van der Waals surface area contributed by atoms with Gasteiger partial charge in [0.25, 0.3) is 0 Å². The Morgan fingerprint density at radius 1 is 1.27 bits per heavy atom. The Labute approximate surface area is 179 Å². The lowest BCUT2D eigenvalue weighted by Crippen LogP contribution is -2.39. The van der Waals surface area contributed by atoms with Crippen LogP contribution in [0.4, 0.5) is 11.6 Å². The zero-order valence-corrected chi connectivity index (χ0v) is 18.4. The van der Waals surface area contributed by atoms with Crippen LogP contribution in [0.25, 0.3) is 20.4 Å². The van der Waals surface area contributed by atoms with Gasteiger partial charge < -0.3 is 24.8 Å². The second-order valence-corrected chi connectivity index (χ2v) is 9.63. The molecule has 0 radical (unpaired) electrons. The van der Waals surface area contributed by atoms with Gasteiger partial charge in [-0.1, -0.05) is 0 Å². The number of nitrogens with one attached hydrogen (secondary N) is 1. The molecule has 160 valence electrons. The molecule has 0 bridgehead atoms. The van der Waals surface area contributed by atoms with Crippen molar-refractivity contribution < 1.29 is 14.6 Å². The standard InChI is InChI=1S/C21H27N5O3S/c1-12(27)9-22-18-17-16(23-11-24-18)15-13-8-21(2,3)29-10-14(13)19(25-20(15)30-17)26-4-6-28-7-5-26/h11-12,27H,4-10H2,1-3H3,(H,22,23,24). The summed E-state index contributed by atoms with van der Waals surface area (Å²) in [6.45, 7) is 10.1. The quantitative estimate of drug-likeness (QED) is 0.654. The van der Waals surface area contributed by atoms with E-state index in [1.807, 2.05) is 0 Å². The third kappa shape index (κ3) is 3.49. The van der Waals surface area contributed by atoms with Crippen LogP contribution in [0.3, 0.4) is 0 Å². The topological polar surface area (TPSA) is 92.6 Å². The highest BCUT2D eigenvalue weighted by molar-refractivity contribution is 7.26. The third-order valence-electron chi connectivity index (χ3n) is 5.68. The smallest absolute Gasteiger partial charge is 0.147 e. The van der Waals surface area contributed by atoms with Crippen LogP contribution in [0.15, 0.2) is 6.33 Å². The van der Waals surface area contributed by atoms with E-state index in [0.29, 0.717) is 26.4 Å². The molecule has 8 nitrogen and oxygen atoms in total. The predicted octanol–water partition coefficient (Wildman–Crippen LogP) is 2.72. The molecule has 5 rings (SSSR count). The zero-order valence-electron chi connectivity index (χ0n) is 17.6. The Hall–Kier alpha value is -2.07. The lowest BCUT2D eigenvalue weighted by Gasteiger charge is -2.36. The van der Waals surface area contributed by atoms with Gasteiger partial charge in [0.2, 0.25) is 0 Å². The van der Waals surface area contributed by atoms with E-state index in [1.54, 1.807) is 24.6 Å². The molecule has 1 unspecified atom stereocenters. The highest BCUT2D eigenvalue weighted by atomic mass is 32.1. The van der Waals surface area contributed by atoms with Gasteiger partial charge in [-0.3, -0.25) is 0 Å². The van der Waals surface area contributed by atoms with E-state index in [9.17, 15) is 5.11 Å². The molecule has 0 saturated carbocycles. The van der Waals surface area contributed by atoms with E-state index < -0.39 is 6.10 Å². The fourth-order valence-electron chi connectivity index (χ4n) is 4.20. The molecule has 0 spiro atoms. The number of aromatic nitrogens is 3. The molecule has 1 saturated heterocycles. The van der Waals surface area contributed by atoms with Crippen LogP contribution in [0, 0.1) is 0 Å². The largest absolute Gasteiger partial charge is 0.392 e. The minimum absolute atomic E-state index is 0.238. The van der Waals surface area contributed by atoms with Crippen LogP contribution in [0.1, 0.15) is 31.9 Å². The summed E-state index contributed by atoms with van der Waals surface area (Å²) in [5.74, 6) is 1.76. The molecular weight excluding hydrogens is 402 g/mol. The first-order chi connectivity index (χ1) is 14.4. The number of aliphatic hydroxyl groups excluding tert-OH is 1. The minimum atomic E-state index is -0.457. The van der Waals surface area contributed by atoms with Crippen LogP contribution >= 0.6 is 11.3 Å². The van der Waals surface area contributed by atoms with E-state index in [1.165, 1.54) is 11.1 Å². The SMILES string of the molecule is CC(O)CNc1ncnc2c1sc1nc(N3CCOCC3)c3c(c12)CC(C)(C)OC3. The molecule has 0 amide bonds. The third-order valence-corrected chi connectivity index (χ3v) is 6.76. The molecule has 1 fully saturated rings. The predicted molar refractivity (Wildman–Crippen MR) is 118 cm³/mol. The van der Waals surface area contributed by atoms with Gasteiger partial charge in [-0.2, -0.15) is 0 Å². The van der Waals surface area contributed by atoms with E-state index >= 15 is 0 Å². The second-order valence-electron chi connectivity index (χ2n) is 8.63. The average Bonchev–Trinajstić information content (AvgIpc) is 3.11. The summed E-state index contributed by atoms with van der Waals surface area (Å²) < 4.78 is 12.7. The maximum absolute atomic E-state index is 9.68. The number of fused-ring (bicyclic) bond motifs is 5. The molecule has 5 heterocycles. The molecule has 30 heavy (non-hydrogen) atoms. The molecule has 0 aliphatic carbocycles. The molecule has 1 atom stereocenters. The van der Waals surface area contributed by atoms with Crippen LogP contribution in [-0.4, -0.2) is 64.6 Å². The van der Waals surface area contributed by atoms with E-state index in [2.05, 4.69) is 34.0 Å². The first-order valence-corrected chi connectivity index (χ1v) is 11.2. The van der Waals surface area contributed by atoms with Gasteiger partial charge in [0.1, 0.15) is 22.8 Å². The van der Waals surface area contributed by atoms with Crippen molar-refractivity contribution in [2.45, 2.75) is 45.5 Å². The molecule has 3 aromatic heterocycles. The summed E-state index contributed by atoms with van der Waals surface area (Å²) in [4.78, 5) is 17.4. The molecular formula is C21H27N5O3S. The van der Waals surface area contributed by atoms with Crippen LogP contribution < -0.4 is 10.2 Å². The summed E-state index contributed by atoms with van der Waals surface area (Å²) in [7, 11) is 0. The van der Waals surface area contributed by atoms with Crippen molar-refractivity contribution in [3.05, 3.63) is 17.5 Å². The van der Waals surface area contributed by atoms with Gasteiger partial charge in [0, 0.05) is 37.0 Å². The molecule has 3 aromatic rings. The lowest BCUT2D eigenvalue weighted by molar-refractivity contribution is -0.0396. The fourth-order valence-corrected chi connectivity index (χ4v) is 5.32. The fraction of sp³-hybridized carbons (Fsp3) is 0.571. The number of anilines is 2. The summed E-state index contributed by atoms with van der Waals surface area (Å²) in [6, 6.07) is 0. The number of ether oxygens (including phenoxy) is 2. The number of rotatable bonds is 4. The van der Waals surface area contributed by atoms with Crippen molar-refractivity contribution in [1.29, 1.82) is 0 Å². The first-order valence-electron chi connectivity index (χ1n) is 10.4. The van der Waals surface area contributed by atoms with Crippen molar-refractivity contribution in [3.8, 4) is 0 Å². The maximum Gasteiger partial charge on any atom is 0.147 e. The highest BCUT2D eigenvalue weighted by Gasteiger charge is 2.33. The van der Waals surface area contributed by atoms with Crippen molar-refractivity contribution in [2.24, 2.45) is 0 Å². The van der Waals surface area contributed by atoms with Gasteiger partial charge in [-0.15, -0.1) is 11.3 Å². The molecule has 0 aromatic carbocycles. The van der Waals surface area contributed by atoms with Crippen molar-refractivity contribution in [2.75, 3.05) is 43.1 Å². The van der Waals surface area contributed by atoms with Crippen LogP contribution in [0.5, 0.6) is 0 Å². The Morgan fingerprint density at radius 2 is 2.07 bits per heavy atom. The van der Waals surface area contributed by atoms with Gasteiger partial charge in [0.15, 0.2) is 0 Å². The molecule has 2 N–H and O–H groups in total. The van der Waals surface area contributed by atoms with Crippen molar-refractivity contribution >= 4 is 43.4 Å². The maximum atomic E-state index is 9.68. The normalized spacial score (nSPS) is 19.8. The number of nitrogens with zero attached hydrogens (tertiary/aromatic N) is 4. The van der Waals surface area contributed by atoms with Gasteiger partial charge in [0.05, 0.1) is 41.7 Å². The molecule has 9 heteroatoms. The van der Waals surface area contributed by atoms with Gasteiger partial charge in [-0.25, -0.2) is 15.0 Å². The average molecular weight is 430 g/mol. The summed E-state index contributed by atoms with van der Waals surface area (Å²) >= 11 is 1.61. The summed E-state index contributed by atoms with van der Waals surface area (Å²) in [6.07, 6.45) is 1.94. The Kier molecular flexibility index (Phi) is 5.01. The first kappa shape index (κ1) is 19.9. The Bertz CT molecular complexity index is 1090. The second kappa shape index (κ2) is 7.56. The van der Waals surface area contributed by atoms with Gasteiger partial charge in [-0.05, 0) is 26.3 Å². The van der Waals surface area contributed by atoms with E-state index in [-0.39, 0.29) is 5.60 Å². The monoisotopic (exact) mass is 429 g/mol. The molecule has 2 aliphatic heterocycles. The number of pyridine rings is 1.